The number of aryl methyl sites for hydroxylation is 1. The Bertz CT molecular complexity index is 874. The van der Waals surface area contributed by atoms with Gasteiger partial charge in [-0.1, -0.05) is 36.4 Å². The number of hydrogen-bond acceptors (Lipinski definition) is 3. The van der Waals surface area contributed by atoms with Crippen LogP contribution in [0.15, 0.2) is 60.7 Å². The van der Waals surface area contributed by atoms with Crippen molar-refractivity contribution in [1.29, 1.82) is 0 Å². The molecule has 0 aliphatic carbocycles. The van der Waals surface area contributed by atoms with Crippen LogP contribution in [0.2, 0.25) is 0 Å². The van der Waals surface area contributed by atoms with Gasteiger partial charge in [-0.15, -0.1) is 0 Å². The van der Waals surface area contributed by atoms with E-state index in [1.165, 1.54) is 0 Å². The lowest BCUT2D eigenvalue weighted by molar-refractivity contribution is -0.114. The van der Waals surface area contributed by atoms with Crippen LogP contribution in [0.3, 0.4) is 0 Å². The number of benzene rings is 3. The fourth-order valence-corrected chi connectivity index (χ4v) is 2.61. The molecule has 3 rings (SSSR count). The Balaban J connectivity index is 1.66. The first-order valence-electron chi connectivity index (χ1n) is 7.83. The summed E-state index contributed by atoms with van der Waals surface area (Å²) in [5.74, 6) is 0.618. The highest BCUT2D eigenvalue weighted by Gasteiger charge is 2.07. The van der Waals surface area contributed by atoms with Gasteiger partial charge in [-0.05, 0) is 47.5 Å². The van der Waals surface area contributed by atoms with Crippen LogP contribution in [0.4, 0.5) is 11.4 Å². The number of methoxy groups -OCH3 is 1. The molecule has 0 aromatic heterocycles. The van der Waals surface area contributed by atoms with Gasteiger partial charge >= 0.3 is 0 Å². The highest BCUT2D eigenvalue weighted by atomic mass is 16.5. The first kappa shape index (κ1) is 15.9. The fourth-order valence-electron chi connectivity index (χ4n) is 2.61. The number of nitrogens with one attached hydrogen (secondary N) is 2. The zero-order chi connectivity index (χ0) is 16.9. The lowest BCUT2D eigenvalue weighted by Crippen LogP contribution is -2.22. The van der Waals surface area contributed by atoms with Crippen molar-refractivity contribution in [2.75, 3.05) is 24.3 Å². The molecule has 4 heteroatoms. The maximum atomic E-state index is 12.2. The van der Waals surface area contributed by atoms with Crippen molar-refractivity contribution < 1.29 is 9.53 Å². The molecule has 0 atom stereocenters. The second-order valence-electron chi connectivity index (χ2n) is 5.67. The van der Waals surface area contributed by atoms with Gasteiger partial charge in [-0.25, -0.2) is 0 Å². The third-order valence-corrected chi connectivity index (χ3v) is 3.83. The zero-order valence-corrected chi connectivity index (χ0v) is 13.8. The van der Waals surface area contributed by atoms with E-state index in [1.807, 2.05) is 67.6 Å². The van der Waals surface area contributed by atoms with Gasteiger partial charge in [0.15, 0.2) is 0 Å². The molecule has 3 aromatic rings. The van der Waals surface area contributed by atoms with Crippen molar-refractivity contribution in [2.45, 2.75) is 6.92 Å². The maximum Gasteiger partial charge on any atom is 0.243 e. The van der Waals surface area contributed by atoms with E-state index in [4.69, 9.17) is 4.74 Å². The summed E-state index contributed by atoms with van der Waals surface area (Å²) in [5, 5.41) is 8.29. The summed E-state index contributed by atoms with van der Waals surface area (Å²) in [7, 11) is 1.62. The lowest BCUT2D eigenvalue weighted by Gasteiger charge is -2.12. The third kappa shape index (κ3) is 3.66. The van der Waals surface area contributed by atoms with E-state index in [9.17, 15) is 4.79 Å². The smallest absolute Gasteiger partial charge is 0.243 e. The second-order valence-corrected chi connectivity index (χ2v) is 5.67. The molecule has 1 amide bonds. The van der Waals surface area contributed by atoms with Crippen LogP contribution in [0.5, 0.6) is 5.75 Å². The van der Waals surface area contributed by atoms with E-state index in [-0.39, 0.29) is 12.5 Å². The van der Waals surface area contributed by atoms with E-state index in [1.54, 1.807) is 7.11 Å². The minimum atomic E-state index is -0.103. The Morgan fingerprint density at radius 1 is 1.00 bits per heavy atom. The van der Waals surface area contributed by atoms with Crippen molar-refractivity contribution in [3.8, 4) is 5.75 Å². The summed E-state index contributed by atoms with van der Waals surface area (Å²) < 4.78 is 5.30. The average molecular weight is 320 g/mol. The van der Waals surface area contributed by atoms with Crippen LogP contribution >= 0.6 is 0 Å². The van der Waals surface area contributed by atoms with Crippen molar-refractivity contribution in [1.82, 2.24) is 0 Å². The molecule has 24 heavy (non-hydrogen) atoms. The van der Waals surface area contributed by atoms with Crippen molar-refractivity contribution in [3.05, 3.63) is 66.2 Å². The highest BCUT2D eigenvalue weighted by molar-refractivity contribution is 5.96. The summed E-state index contributed by atoms with van der Waals surface area (Å²) in [4.78, 5) is 12.2. The molecule has 0 radical (unpaired) electrons. The number of carbonyl (C=O) groups is 1. The van der Waals surface area contributed by atoms with Crippen LogP contribution in [-0.2, 0) is 4.79 Å². The highest BCUT2D eigenvalue weighted by Crippen LogP contribution is 2.25. The lowest BCUT2D eigenvalue weighted by atomic mass is 10.1. The number of ether oxygens (including phenoxy) is 1. The minimum absolute atomic E-state index is 0.103. The summed E-state index contributed by atoms with van der Waals surface area (Å²) in [6.07, 6.45) is 0. The molecule has 122 valence electrons. The van der Waals surface area contributed by atoms with Gasteiger partial charge in [0, 0.05) is 5.69 Å². The SMILES string of the molecule is COc1ccc(C)cc1NCC(=O)Nc1ccc2ccccc2c1. The molecule has 3 aromatic carbocycles. The normalized spacial score (nSPS) is 10.4. The summed E-state index contributed by atoms with van der Waals surface area (Å²) >= 11 is 0. The van der Waals surface area contributed by atoms with Crippen LogP contribution in [0, 0.1) is 6.92 Å². The Hall–Kier alpha value is -3.01. The average Bonchev–Trinajstić information content (AvgIpc) is 2.60. The standard InChI is InChI=1S/C20H20N2O2/c1-14-7-10-19(24-2)18(11-14)21-13-20(23)22-17-9-8-15-5-3-4-6-16(15)12-17/h3-12,21H,13H2,1-2H3,(H,22,23). The topological polar surface area (TPSA) is 50.4 Å². The quantitative estimate of drug-likeness (QED) is 0.740. The number of anilines is 2. The number of rotatable bonds is 5. The maximum absolute atomic E-state index is 12.2. The van der Waals surface area contributed by atoms with Crippen LogP contribution in [-0.4, -0.2) is 19.6 Å². The van der Waals surface area contributed by atoms with Gasteiger partial charge in [0.05, 0.1) is 19.3 Å². The zero-order valence-electron chi connectivity index (χ0n) is 13.8. The molecule has 0 bridgehead atoms. The van der Waals surface area contributed by atoms with Crippen LogP contribution < -0.4 is 15.4 Å². The van der Waals surface area contributed by atoms with Crippen LogP contribution in [0.1, 0.15) is 5.56 Å². The first-order chi connectivity index (χ1) is 11.7. The Labute approximate surface area is 141 Å². The number of amides is 1. The van der Waals surface area contributed by atoms with Crippen LogP contribution in [0.25, 0.3) is 10.8 Å². The molecule has 0 fully saturated rings. The molecular formula is C20H20N2O2. The van der Waals surface area contributed by atoms with Crippen molar-refractivity contribution in [2.24, 2.45) is 0 Å². The largest absolute Gasteiger partial charge is 0.495 e. The van der Waals surface area contributed by atoms with E-state index >= 15 is 0 Å². The van der Waals surface area contributed by atoms with E-state index in [0.717, 1.165) is 33.5 Å². The summed E-state index contributed by atoms with van der Waals surface area (Å²) in [5.41, 5.74) is 2.70. The Morgan fingerprint density at radius 2 is 1.79 bits per heavy atom. The molecule has 0 spiro atoms. The summed E-state index contributed by atoms with van der Waals surface area (Å²) in [6, 6.07) is 19.8. The van der Waals surface area contributed by atoms with E-state index in [0.29, 0.717) is 0 Å². The second kappa shape index (κ2) is 7.04. The van der Waals surface area contributed by atoms with Crippen molar-refractivity contribution >= 4 is 28.1 Å². The number of fused-ring (bicyclic) bond motifs is 1. The summed E-state index contributed by atoms with van der Waals surface area (Å²) in [6.45, 7) is 2.17. The molecule has 0 heterocycles. The van der Waals surface area contributed by atoms with Gasteiger partial charge < -0.3 is 15.4 Å². The molecule has 2 N–H and O–H groups in total. The molecule has 0 saturated heterocycles. The third-order valence-electron chi connectivity index (χ3n) is 3.83. The van der Waals surface area contributed by atoms with Gasteiger partial charge in [0.1, 0.15) is 5.75 Å². The number of hydrogen-bond donors (Lipinski definition) is 2. The van der Waals surface area contributed by atoms with E-state index < -0.39 is 0 Å². The van der Waals surface area contributed by atoms with Gasteiger partial charge in [-0.3, -0.25) is 4.79 Å². The molecule has 0 aliphatic heterocycles. The van der Waals surface area contributed by atoms with E-state index in [2.05, 4.69) is 10.6 Å². The monoisotopic (exact) mass is 320 g/mol. The van der Waals surface area contributed by atoms with Crippen molar-refractivity contribution in [3.63, 3.8) is 0 Å². The molecule has 4 nitrogen and oxygen atoms in total. The Kier molecular flexibility index (Phi) is 4.66. The molecule has 0 saturated carbocycles. The van der Waals surface area contributed by atoms with Gasteiger partial charge in [-0.2, -0.15) is 0 Å². The first-order valence-corrected chi connectivity index (χ1v) is 7.83. The molecular weight excluding hydrogens is 300 g/mol. The predicted molar refractivity (Wildman–Crippen MR) is 98.8 cm³/mol. The molecule has 0 aliphatic rings. The Morgan fingerprint density at radius 3 is 2.58 bits per heavy atom. The fraction of sp³-hybridized carbons (Fsp3) is 0.150. The number of carbonyl (C=O) groups excluding carboxylic acids is 1. The van der Waals surface area contributed by atoms with Gasteiger partial charge in [0.2, 0.25) is 5.91 Å². The molecule has 0 unspecified atom stereocenters. The predicted octanol–water partition coefficient (Wildman–Crippen LogP) is 4.21. The van der Waals surface area contributed by atoms with Gasteiger partial charge in [0.25, 0.3) is 0 Å². The minimum Gasteiger partial charge on any atom is -0.495 e.